The summed E-state index contributed by atoms with van der Waals surface area (Å²) in [5.74, 6) is 1.60. The van der Waals surface area contributed by atoms with E-state index in [4.69, 9.17) is 28.2 Å². The maximum Gasteiger partial charge on any atom is 0.238 e. The first kappa shape index (κ1) is 38.5. The van der Waals surface area contributed by atoms with Crippen LogP contribution in [-0.4, -0.2) is 19.5 Å². The first-order chi connectivity index (χ1) is 34.7. The largest absolute Gasteiger partial charge is 0.456 e. The molecule has 7 nitrogen and oxygen atoms in total. The van der Waals surface area contributed by atoms with Crippen LogP contribution in [0.2, 0.25) is 0 Å². The summed E-state index contributed by atoms with van der Waals surface area (Å²) in [6.45, 7) is 0. The van der Waals surface area contributed by atoms with Crippen LogP contribution in [-0.2, 0) is 0 Å². The summed E-state index contributed by atoms with van der Waals surface area (Å²) in [6, 6.07) is 75.7. The molecule has 0 atom stereocenters. The van der Waals surface area contributed by atoms with Crippen LogP contribution in [0.15, 0.2) is 232 Å². The lowest BCUT2D eigenvalue weighted by Gasteiger charge is -2.14. The van der Waals surface area contributed by atoms with Crippen LogP contribution in [0.25, 0.3) is 150 Å². The van der Waals surface area contributed by atoms with Crippen molar-refractivity contribution in [2.75, 3.05) is 0 Å². The highest BCUT2D eigenvalue weighted by Gasteiger charge is 2.23. The van der Waals surface area contributed by atoms with Gasteiger partial charge in [-0.05, 0) is 76.9 Å². The van der Waals surface area contributed by atoms with E-state index in [0.717, 1.165) is 132 Å². The number of aromatic nitrogens is 4. The fourth-order valence-electron chi connectivity index (χ4n) is 10.7. The monoisotopic (exact) mass is 896 g/mol. The number of fused-ring (bicyclic) bond motifs is 12. The molecule has 0 bridgehead atoms. The molecule has 5 aromatic heterocycles. The maximum atomic E-state index is 6.59. The fourth-order valence-corrected chi connectivity index (χ4v) is 10.7. The Kier molecular flexibility index (Phi) is 8.23. The van der Waals surface area contributed by atoms with Crippen molar-refractivity contribution in [3.63, 3.8) is 0 Å². The average Bonchev–Trinajstić information content (AvgIpc) is 4.20. The number of para-hydroxylation sites is 5. The predicted octanol–water partition coefficient (Wildman–Crippen LogP) is 17.0. The summed E-state index contributed by atoms with van der Waals surface area (Å²) in [5.41, 5.74) is 15.1. The van der Waals surface area contributed by atoms with Gasteiger partial charge in [0, 0.05) is 65.3 Å². The number of hydrogen-bond donors (Lipinski definition) is 0. The van der Waals surface area contributed by atoms with Gasteiger partial charge in [-0.25, -0.2) is 4.98 Å². The Morgan fingerprint density at radius 3 is 1.67 bits per heavy atom. The van der Waals surface area contributed by atoms with Crippen LogP contribution < -0.4 is 0 Å². The summed E-state index contributed by atoms with van der Waals surface area (Å²) in [5, 5.41) is 8.60. The number of hydrogen-bond acceptors (Lipinski definition) is 6. The lowest BCUT2D eigenvalue weighted by Crippen LogP contribution is -2.07. The molecule has 0 saturated heterocycles. The first-order valence-electron chi connectivity index (χ1n) is 23.4. The van der Waals surface area contributed by atoms with Crippen molar-refractivity contribution in [1.82, 2.24) is 19.5 Å². The molecule has 10 aromatic carbocycles. The van der Waals surface area contributed by atoms with Crippen molar-refractivity contribution in [2.24, 2.45) is 0 Å². The van der Waals surface area contributed by atoms with Crippen molar-refractivity contribution in [3.05, 3.63) is 218 Å². The van der Waals surface area contributed by atoms with Crippen LogP contribution in [0.3, 0.4) is 0 Å². The van der Waals surface area contributed by atoms with Crippen molar-refractivity contribution >= 4 is 87.6 Å². The van der Waals surface area contributed by atoms with E-state index in [2.05, 4.69) is 138 Å². The highest BCUT2D eigenvalue weighted by atomic mass is 16.3. The Morgan fingerprint density at radius 1 is 0.300 bits per heavy atom. The number of benzene rings is 10. The Balaban J connectivity index is 0.997. The molecule has 70 heavy (non-hydrogen) atoms. The van der Waals surface area contributed by atoms with Gasteiger partial charge in [-0.1, -0.05) is 164 Å². The third-order valence-electron chi connectivity index (χ3n) is 13.9. The third kappa shape index (κ3) is 5.85. The Hall–Kier alpha value is -9.59. The van der Waals surface area contributed by atoms with Gasteiger partial charge in [0.2, 0.25) is 5.95 Å². The molecule has 0 N–H and O–H groups in total. The zero-order valence-corrected chi connectivity index (χ0v) is 37.3. The van der Waals surface area contributed by atoms with Crippen molar-refractivity contribution in [1.29, 1.82) is 0 Å². The molecule has 0 aliphatic rings. The topological polar surface area (TPSA) is 83.0 Å². The maximum absolute atomic E-state index is 6.59. The van der Waals surface area contributed by atoms with Gasteiger partial charge in [-0.15, -0.1) is 0 Å². The molecule has 7 heteroatoms. The van der Waals surface area contributed by atoms with Crippen LogP contribution in [0.4, 0.5) is 0 Å². The number of nitrogens with zero attached hydrogens (tertiary/aromatic N) is 4. The van der Waals surface area contributed by atoms with Crippen LogP contribution >= 0.6 is 0 Å². The van der Waals surface area contributed by atoms with E-state index >= 15 is 0 Å². The molecule has 5 heterocycles. The quantitative estimate of drug-likeness (QED) is 0.165. The van der Waals surface area contributed by atoms with E-state index < -0.39 is 0 Å². The summed E-state index contributed by atoms with van der Waals surface area (Å²) < 4.78 is 21.6. The molecule has 0 unspecified atom stereocenters. The zero-order valence-electron chi connectivity index (χ0n) is 37.3. The lowest BCUT2D eigenvalue weighted by molar-refractivity contribution is 0.668. The van der Waals surface area contributed by atoms with Crippen molar-refractivity contribution < 1.29 is 13.3 Å². The Morgan fingerprint density at radius 2 is 0.843 bits per heavy atom. The van der Waals surface area contributed by atoms with E-state index in [1.165, 1.54) is 0 Å². The molecule has 0 radical (unpaired) electrons. The molecule has 326 valence electrons. The molecule has 15 rings (SSSR count). The summed E-state index contributed by atoms with van der Waals surface area (Å²) in [7, 11) is 0. The second-order valence-electron chi connectivity index (χ2n) is 17.9. The second kappa shape index (κ2) is 15.0. The molecule has 0 fully saturated rings. The molecule has 0 aliphatic carbocycles. The van der Waals surface area contributed by atoms with Gasteiger partial charge in [0.1, 0.15) is 33.5 Å². The summed E-state index contributed by atoms with van der Waals surface area (Å²) in [4.78, 5) is 16.0. The normalized spacial score (nSPS) is 12.0. The van der Waals surface area contributed by atoms with Crippen LogP contribution in [0.5, 0.6) is 0 Å². The van der Waals surface area contributed by atoms with Gasteiger partial charge in [0.25, 0.3) is 0 Å². The average molecular weight is 897 g/mol. The van der Waals surface area contributed by atoms with Gasteiger partial charge < -0.3 is 13.3 Å². The third-order valence-corrected chi connectivity index (χ3v) is 13.9. The molecule has 0 spiro atoms. The predicted molar refractivity (Wildman–Crippen MR) is 283 cm³/mol. The standard InChI is InChI=1S/C63H36N4O3/c1-2-14-37(15-3-1)61-64-62(41-30-32-47-45-18-4-7-26-53(45)69-57(47)36-41)66-63(65-61)67-52-33-31-40(44-23-12-25-49-46-19-5-8-27-54(46)70-60(44)49)35-51(52)48-24-11-22-43(59(48)67)39-17-10-16-38(34-39)42-21-13-29-56-58(42)50-20-6-9-28-55(50)68-56/h1-36H. The SMILES string of the molecule is c1ccc(-c2nc(-c3ccc4c(c3)oc3ccccc34)nc(-n3c4ccc(-c5cccc6c5oc5ccccc56)cc4c4cccc(-c5cccc(-c6cccc7oc8ccccc8c67)c5)c43)n2)cc1. The molecule has 0 saturated carbocycles. The van der Waals surface area contributed by atoms with Crippen molar-refractivity contribution in [3.8, 4) is 62.1 Å². The lowest BCUT2D eigenvalue weighted by atomic mass is 9.95. The molecule has 0 amide bonds. The molecular formula is C63H36N4O3. The van der Waals surface area contributed by atoms with Gasteiger partial charge >= 0.3 is 0 Å². The molecule has 15 aromatic rings. The Labute approximate surface area is 399 Å². The van der Waals surface area contributed by atoms with Crippen LogP contribution in [0, 0.1) is 0 Å². The second-order valence-corrected chi connectivity index (χ2v) is 17.9. The van der Waals surface area contributed by atoms with Gasteiger partial charge in [-0.3, -0.25) is 4.57 Å². The van der Waals surface area contributed by atoms with Crippen LogP contribution in [0.1, 0.15) is 0 Å². The van der Waals surface area contributed by atoms with E-state index in [-0.39, 0.29) is 0 Å². The van der Waals surface area contributed by atoms with Gasteiger partial charge in [-0.2, -0.15) is 9.97 Å². The smallest absolute Gasteiger partial charge is 0.238 e. The van der Waals surface area contributed by atoms with Gasteiger partial charge in [0.05, 0.1) is 11.0 Å². The zero-order chi connectivity index (χ0) is 45.9. The first-order valence-corrected chi connectivity index (χ1v) is 23.4. The minimum absolute atomic E-state index is 0.499. The number of rotatable bonds is 6. The molecule has 0 aliphatic heterocycles. The van der Waals surface area contributed by atoms with E-state index in [1.54, 1.807) is 0 Å². The fraction of sp³-hybridized carbons (Fsp3) is 0. The minimum Gasteiger partial charge on any atom is -0.456 e. The van der Waals surface area contributed by atoms with E-state index in [0.29, 0.717) is 17.6 Å². The minimum atomic E-state index is 0.499. The summed E-state index contributed by atoms with van der Waals surface area (Å²) >= 11 is 0. The van der Waals surface area contributed by atoms with E-state index in [1.807, 2.05) is 84.9 Å². The van der Waals surface area contributed by atoms with E-state index in [9.17, 15) is 0 Å². The van der Waals surface area contributed by atoms with Crippen molar-refractivity contribution in [2.45, 2.75) is 0 Å². The molecular weight excluding hydrogens is 861 g/mol. The summed E-state index contributed by atoms with van der Waals surface area (Å²) in [6.07, 6.45) is 0. The number of furan rings is 3. The highest BCUT2D eigenvalue weighted by Crippen LogP contribution is 2.44. The Bertz CT molecular complexity index is 4610. The van der Waals surface area contributed by atoms with Gasteiger partial charge in [0.15, 0.2) is 11.6 Å². The highest BCUT2D eigenvalue weighted by molar-refractivity contribution is 6.17.